The third-order valence-electron chi connectivity index (χ3n) is 2.09. The molecule has 0 saturated carbocycles. The molecule has 0 aliphatic heterocycles. The average molecular weight is 255 g/mol. The number of alkyl halides is 3. The van der Waals surface area contributed by atoms with Gasteiger partial charge in [-0.1, -0.05) is 6.07 Å². The normalized spacial score (nSPS) is 12.1. The summed E-state index contributed by atoms with van der Waals surface area (Å²) >= 11 is 0. The Hall–Kier alpha value is -2.29. The maximum absolute atomic E-state index is 12.5. The molecule has 3 nitrogen and oxygen atoms in total. The first-order valence-corrected chi connectivity index (χ1v) is 4.78. The average Bonchev–Trinajstić information content (AvgIpc) is 2.23. The fraction of sp³-hybridized carbons (Fsp3) is 0.167. The smallest absolute Gasteiger partial charge is 0.416 e. The lowest BCUT2D eigenvalue weighted by Crippen LogP contribution is -2.05. The van der Waals surface area contributed by atoms with Gasteiger partial charge < -0.3 is 5.11 Å². The number of aliphatic carboxylic acids is 1. The third kappa shape index (κ3) is 3.35. The number of nitriles is 1. The summed E-state index contributed by atoms with van der Waals surface area (Å²) in [7, 11) is 0. The second kappa shape index (κ2) is 4.92. The van der Waals surface area contributed by atoms with Crippen molar-refractivity contribution in [2.24, 2.45) is 0 Å². The highest BCUT2D eigenvalue weighted by Crippen LogP contribution is 2.31. The summed E-state index contributed by atoms with van der Waals surface area (Å²) in [4.78, 5) is 10.6. The number of carboxylic acids is 1. The monoisotopic (exact) mass is 255 g/mol. The van der Waals surface area contributed by atoms with Crippen LogP contribution in [0.1, 0.15) is 16.7 Å². The van der Waals surface area contributed by atoms with Crippen molar-refractivity contribution in [1.82, 2.24) is 0 Å². The zero-order valence-electron chi connectivity index (χ0n) is 9.25. The summed E-state index contributed by atoms with van der Waals surface area (Å²) in [5.41, 5.74) is -1.13. The highest BCUT2D eigenvalue weighted by Gasteiger charge is 2.30. The molecule has 1 aromatic carbocycles. The van der Waals surface area contributed by atoms with E-state index in [1.54, 1.807) is 0 Å². The quantitative estimate of drug-likeness (QED) is 0.652. The van der Waals surface area contributed by atoms with E-state index in [-0.39, 0.29) is 5.56 Å². The third-order valence-corrected chi connectivity index (χ3v) is 2.09. The predicted molar refractivity (Wildman–Crippen MR) is 57.4 cm³/mol. The van der Waals surface area contributed by atoms with Crippen LogP contribution in [-0.2, 0) is 11.0 Å². The van der Waals surface area contributed by atoms with E-state index in [0.717, 1.165) is 18.2 Å². The number of benzene rings is 1. The van der Waals surface area contributed by atoms with Crippen molar-refractivity contribution in [2.75, 3.05) is 0 Å². The van der Waals surface area contributed by atoms with Crippen LogP contribution in [0.25, 0.3) is 6.08 Å². The summed E-state index contributed by atoms with van der Waals surface area (Å²) in [6, 6.07) is 4.53. The van der Waals surface area contributed by atoms with Gasteiger partial charge >= 0.3 is 12.1 Å². The lowest BCUT2D eigenvalue weighted by atomic mass is 10.0. The van der Waals surface area contributed by atoms with Gasteiger partial charge in [-0.15, -0.1) is 0 Å². The summed E-state index contributed by atoms with van der Waals surface area (Å²) in [5.74, 6) is -1.48. The molecule has 0 aliphatic rings. The molecule has 0 bridgehead atoms. The molecule has 0 fully saturated rings. The Morgan fingerprint density at radius 2 is 2.00 bits per heavy atom. The van der Waals surface area contributed by atoms with Gasteiger partial charge in [-0.05, 0) is 36.3 Å². The van der Waals surface area contributed by atoms with Gasteiger partial charge in [-0.3, -0.25) is 0 Å². The second-order valence-corrected chi connectivity index (χ2v) is 3.61. The van der Waals surface area contributed by atoms with Gasteiger partial charge in [-0.25, -0.2) is 4.79 Å². The molecule has 1 aromatic rings. The van der Waals surface area contributed by atoms with Crippen molar-refractivity contribution in [3.05, 3.63) is 40.5 Å². The molecule has 0 radical (unpaired) electrons. The Morgan fingerprint density at radius 3 is 2.44 bits per heavy atom. The number of rotatable bonds is 2. The fourth-order valence-corrected chi connectivity index (χ4v) is 1.37. The number of nitrogens with zero attached hydrogens (tertiary/aromatic N) is 1. The van der Waals surface area contributed by atoms with E-state index in [4.69, 9.17) is 10.4 Å². The maximum Gasteiger partial charge on any atom is 0.416 e. The topological polar surface area (TPSA) is 61.1 Å². The van der Waals surface area contributed by atoms with Crippen LogP contribution >= 0.6 is 0 Å². The molecule has 0 saturated heterocycles. The molecule has 18 heavy (non-hydrogen) atoms. The van der Waals surface area contributed by atoms with E-state index >= 15 is 0 Å². The number of hydrogen-bond donors (Lipinski definition) is 1. The van der Waals surface area contributed by atoms with E-state index in [1.807, 2.05) is 0 Å². The van der Waals surface area contributed by atoms with Gasteiger partial charge in [0.05, 0.1) is 5.56 Å². The Labute approximate surface area is 101 Å². The van der Waals surface area contributed by atoms with Crippen molar-refractivity contribution >= 4 is 12.0 Å². The van der Waals surface area contributed by atoms with Crippen molar-refractivity contribution in [3.63, 3.8) is 0 Å². The van der Waals surface area contributed by atoms with Crippen LogP contribution in [0.2, 0.25) is 0 Å². The molecule has 0 amide bonds. The largest absolute Gasteiger partial charge is 0.477 e. The zero-order chi connectivity index (χ0) is 13.9. The van der Waals surface area contributed by atoms with E-state index < -0.39 is 23.3 Å². The Bertz CT molecular complexity index is 553. The first kappa shape index (κ1) is 13.8. The van der Waals surface area contributed by atoms with E-state index in [9.17, 15) is 18.0 Å². The summed E-state index contributed by atoms with van der Waals surface area (Å²) in [5, 5.41) is 17.2. The predicted octanol–water partition coefficient (Wildman–Crippen LogP) is 3.01. The minimum Gasteiger partial charge on any atom is -0.477 e. The Balaban J connectivity index is 3.32. The number of halogens is 3. The molecule has 1 rings (SSSR count). The molecule has 0 aliphatic carbocycles. The highest BCUT2D eigenvalue weighted by molar-refractivity contribution is 5.96. The molecule has 0 heterocycles. The van der Waals surface area contributed by atoms with Gasteiger partial charge in [0.15, 0.2) is 0 Å². The number of carbonyl (C=O) groups is 1. The first-order valence-electron chi connectivity index (χ1n) is 4.78. The molecular weight excluding hydrogens is 247 g/mol. The van der Waals surface area contributed by atoms with E-state index in [1.165, 1.54) is 19.1 Å². The Kier molecular flexibility index (Phi) is 3.76. The highest BCUT2D eigenvalue weighted by atomic mass is 19.4. The summed E-state index contributed by atoms with van der Waals surface area (Å²) in [6.45, 7) is 1.46. The van der Waals surface area contributed by atoms with Gasteiger partial charge in [0, 0.05) is 0 Å². The van der Waals surface area contributed by atoms with E-state index in [0.29, 0.717) is 5.56 Å². The molecule has 0 aromatic heterocycles. The Morgan fingerprint density at radius 1 is 1.39 bits per heavy atom. The second-order valence-electron chi connectivity index (χ2n) is 3.61. The van der Waals surface area contributed by atoms with Gasteiger partial charge in [0.25, 0.3) is 0 Å². The summed E-state index contributed by atoms with van der Waals surface area (Å²) < 4.78 is 37.6. The SMILES string of the molecule is Cc1cc(/C=C(\C#N)C(=O)O)cc(C(F)(F)F)c1. The van der Waals surface area contributed by atoms with Crippen LogP contribution in [-0.4, -0.2) is 11.1 Å². The van der Waals surface area contributed by atoms with Crippen LogP contribution in [0.15, 0.2) is 23.8 Å². The summed E-state index contributed by atoms with van der Waals surface area (Å²) in [6.07, 6.45) is -3.60. The molecule has 94 valence electrons. The minimum atomic E-state index is -4.51. The van der Waals surface area contributed by atoms with Crippen LogP contribution in [0.4, 0.5) is 13.2 Å². The maximum atomic E-state index is 12.5. The number of carboxylic acid groups (broad SMARTS) is 1. The van der Waals surface area contributed by atoms with Crippen LogP contribution < -0.4 is 0 Å². The molecule has 0 unspecified atom stereocenters. The van der Waals surface area contributed by atoms with Crippen LogP contribution in [0.5, 0.6) is 0 Å². The molecule has 6 heteroatoms. The lowest BCUT2D eigenvalue weighted by molar-refractivity contribution is -0.137. The standard InChI is InChI=1S/C12H8F3NO2/c1-7-2-8(4-9(6-16)11(17)18)5-10(3-7)12(13,14)15/h2-5H,1H3,(H,17,18)/b9-4+. The number of hydrogen-bond acceptors (Lipinski definition) is 2. The molecule has 1 N–H and O–H groups in total. The minimum absolute atomic E-state index is 0.0290. The fourth-order valence-electron chi connectivity index (χ4n) is 1.37. The van der Waals surface area contributed by atoms with Gasteiger partial charge in [-0.2, -0.15) is 18.4 Å². The van der Waals surface area contributed by atoms with Crippen molar-refractivity contribution in [1.29, 1.82) is 5.26 Å². The van der Waals surface area contributed by atoms with Crippen molar-refractivity contribution in [3.8, 4) is 6.07 Å². The zero-order valence-corrected chi connectivity index (χ0v) is 9.25. The van der Waals surface area contributed by atoms with Crippen LogP contribution in [0, 0.1) is 18.3 Å². The van der Waals surface area contributed by atoms with Crippen LogP contribution in [0.3, 0.4) is 0 Å². The molecule has 0 spiro atoms. The molecule has 0 atom stereocenters. The molecular formula is C12H8F3NO2. The van der Waals surface area contributed by atoms with E-state index in [2.05, 4.69) is 0 Å². The van der Waals surface area contributed by atoms with Gasteiger partial charge in [0.1, 0.15) is 11.6 Å². The van der Waals surface area contributed by atoms with Crippen molar-refractivity contribution < 1.29 is 23.1 Å². The van der Waals surface area contributed by atoms with Crippen molar-refractivity contribution in [2.45, 2.75) is 13.1 Å². The lowest BCUT2D eigenvalue weighted by Gasteiger charge is -2.08. The van der Waals surface area contributed by atoms with Gasteiger partial charge in [0.2, 0.25) is 0 Å². The number of aryl methyl sites for hydroxylation is 1. The first-order chi connectivity index (χ1) is 8.24.